The van der Waals surface area contributed by atoms with Crippen LogP contribution in [0, 0.1) is 13.8 Å². The summed E-state index contributed by atoms with van der Waals surface area (Å²) in [5.41, 5.74) is 5.48. The van der Waals surface area contributed by atoms with Gasteiger partial charge in [0.1, 0.15) is 0 Å². The third-order valence-corrected chi connectivity index (χ3v) is 4.73. The topological polar surface area (TPSA) is 38.0 Å². The number of thiophene rings is 1. The van der Waals surface area contributed by atoms with Gasteiger partial charge in [-0.3, -0.25) is 11.3 Å². The molecule has 96 valence electrons. The van der Waals surface area contributed by atoms with Gasteiger partial charge in [-0.15, -0.1) is 23.1 Å². The van der Waals surface area contributed by atoms with Crippen molar-refractivity contribution in [3.05, 3.63) is 51.7 Å². The highest BCUT2D eigenvalue weighted by Gasteiger charge is 2.11. The fourth-order valence-corrected chi connectivity index (χ4v) is 3.62. The highest BCUT2D eigenvalue weighted by molar-refractivity contribution is 7.99. The molecule has 2 aromatic rings. The van der Waals surface area contributed by atoms with E-state index in [9.17, 15) is 0 Å². The Balaban J connectivity index is 1.99. The molecular weight excluding hydrogens is 260 g/mol. The predicted molar refractivity (Wildman–Crippen MR) is 81.0 cm³/mol. The SMILES string of the molecule is Cc1cccc(SCC(NN)c2csc(C)c2)c1. The van der Waals surface area contributed by atoms with E-state index in [4.69, 9.17) is 5.84 Å². The minimum Gasteiger partial charge on any atom is -0.271 e. The van der Waals surface area contributed by atoms with Crippen LogP contribution in [0.15, 0.2) is 40.6 Å². The largest absolute Gasteiger partial charge is 0.271 e. The number of nitrogens with one attached hydrogen (secondary N) is 1. The van der Waals surface area contributed by atoms with Crippen molar-refractivity contribution in [2.24, 2.45) is 5.84 Å². The molecule has 4 heteroatoms. The summed E-state index contributed by atoms with van der Waals surface area (Å²) in [6.07, 6.45) is 0. The van der Waals surface area contributed by atoms with Gasteiger partial charge in [-0.1, -0.05) is 17.7 Å². The lowest BCUT2D eigenvalue weighted by Gasteiger charge is -2.14. The van der Waals surface area contributed by atoms with Crippen molar-refractivity contribution in [1.29, 1.82) is 0 Å². The molecule has 1 unspecified atom stereocenters. The van der Waals surface area contributed by atoms with Crippen molar-refractivity contribution < 1.29 is 0 Å². The van der Waals surface area contributed by atoms with Crippen LogP contribution in [0.3, 0.4) is 0 Å². The number of thioether (sulfide) groups is 1. The zero-order chi connectivity index (χ0) is 13.0. The molecular formula is C14H18N2S2. The molecule has 1 aromatic carbocycles. The molecule has 18 heavy (non-hydrogen) atoms. The van der Waals surface area contributed by atoms with E-state index in [1.54, 1.807) is 11.3 Å². The molecule has 2 nitrogen and oxygen atoms in total. The number of rotatable bonds is 5. The van der Waals surface area contributed by atoms with Gasteiger partial charge in [-0.25, -0.2) is 0 Å². The Hall–Kier alpha value is -0.810. The van der Waals surface area contributed by atoms with Gasteiger partial charge in [0.05, 0.1) is 6.04 Å². The second-order valence-electron chi connectivity index (χ2n) is 4.34. The minimum atomic E-state index is 0.209. The van der Waals surface area contributed by atoms with E-state index < -0.39 is 0 Å². The first kappa shape index (κ1) is 13.6. The van der Waals surface area contributed by atoms with Gasteiger partial charge < -0.3 is 0 Å². The fraction of sp³-hybridized carbons (Fsp3) is 0.286. The quantitative estimate of drug-likeness (QED) is 0.498. The fourth-order valence-electron chi connectivity index (χ4n) is 1.77. The van der Waals surface area contributed by atoms with Crippen LogP contribution in [0.25, 0.3) is 0 Å². The summed E-state index contributed by atoms with van der Waals surface area (Å²) in [5, 5.41) is 2.18. The summed E-state index contributed by atoms with van der Waals surface area (Å²) in [6, 6.07) is 11.0. The Kier molecular flexibility index (Phi) is 4.83. The first-order chi connectivity index (χ1) is 8.69. The predicted octanol–water partition coefficient (Wildman–Crippen LogP) is 3.66. The normalized spacial score (nSPS) is 12.6. The van der Waals surface area contributed by atoms with Crippen LogP contribution in [0.4, 0.5) is 0 Å². The Bertz CT molecular complexity index is 508. The smallest absolute Gasteiger partial charge is 0.0562 e. The maximum Gasteiger partial charge on any atom is 0.0562 e. The highest BCUT2D eigenvalue weighted by atomic mass is 32.2. The second kappa shape index (κ2) is 6.38. The number of benzene rings is 1. The summed E-state index contributed by atoms with van der Waals surface area (Å²) in [5.74, 6) is 6.59. The van der Waals surface area contributed by atoms with Crippen LogP contribution >= 0.6 is 23.1 Å². The standard InChI is InChI=1S/C14H18N2S2/c1-10-4-3-5-13(6-10)18-9-14(16-15)12-7-11(2)17-8-12/h3-8,14,16H,9,15H2,1-2H3. The van der Waals surface area contributed by atoms with Crippen LogP contribution in [0.5, 0.6) is 0 Å². The monoisotopic (exact) mass is 278 g/mol. The maximum atomic E-state index is 5.65. The zero-order valence-electron chi connectivity index (χ0n) is 10.6. The number of aryl methyl sites for hydroxylation is 2. The van der Waals surface area contributed by atoms with Crippen LogP contribution in [-0.4, -0.2) is 5.75 Å². The lowest BCUT2D eigenvalue weighted by atomic mass is 10.2. The Morgan fingerprint density at radius 1 is 1.33 bits per heavy atom. The van der Waals surface area contributed by atoms with Gasteiger partial charge in [-0.2, -0.15) is 0 Å². The first-order valence-corrected chi connectivity index (χ1v) is 7.76. The zero-order valence-corrected chi connectivity index (χ0v) is 12.3. The van der Waals surface area contributed by atoms with Gasteiger partial charge in [-0.05, 0) is 43.0 Å². The number of hydrogen-bond acceptors (Lipinski definition) is 4. The number of nitrogens with two attached hydrogens (primary N) is 1. The molecule has 0 aliphatic rings. The molecule has 0 radical (unpaired) electrons. The van der Waals surface area contributed by atoms with Crippen LogP contribution in [-0.2, 0) is 0 Å². The Morgan fingerprint density at radius 3 is 2.78 bits per heavy atom. The van der Waals surface area contributed by atoms with E-state index in [1.165, 1.54) is 20.9 Å². The minimum absolute atomic E-state index is 0.209. The molecule has 0 saturated carbocycles. The highest BCUT2D eigenvalue weighted by Crippen LogP contribution is 2.27. The van der Waals surface area contributed by atoms with E-state index in [0.717, 1.165) is 5.75 Å². The molecule has 1 aromatic heterocycles. The van der Waals surface area contributed by atoms with Gasteiger partial charge in [0.2, 0.25) is 0 Å². The van der Waals surface area contributed by atoms with Gasteiger partial charge >= 0.3 is 0 Å². The lowest BCUT2D eigenvalue weighted by Crippen LogP contribution is -2.29. The van der Waals surface area contributed by atoms with E-state index in [-0.39, 0.29) is 6.04 Å². The van der Waals surface area contributed by atoms with Gasteiger partial charge in [0.15, 0.2) is 0 Å². The molecule has 3 N–H and O–H groups in total. The van der Waals surface area contributed by atoms with Crippen molar-refractivity contribution in [1.82, 2.24) is 5.43 Å². The summed E-state index contributed by atoms with van der Waals surface area (Å²) in [4.78, 5) is 2.62. The van der Waals surface area contributed by atoms with Crippen molar-refractivity contribution in [2.45, 2.75) is 24.8 Å². The molecule has 1 atom stereocenters. The Morgan fingerprint density at radius 2 is 2.17 bits per heavy atom. The van der Waals surface area contributed by atoms with E-state index >= 15 is 0 Å². The van der Waals surface area contributed by atoms with E-state index in [0.29, 0.717) is 0 Å². The number of hydrogen-bond donors (Lipinski definition) is 2. The first-order valence-electron chi connectivity index (χ1n) is 5.89. The molecule has 2 rings (SSSR count). The van der Waals surface area contributed by atoms with Crippen molar-refractivity contribution >= 4 is 23.1 Å². The summed E-state index contributed by atoms with van der Waals surface area (Å²) >= 11 is 3.60. The maximum absolute atomic E-state index is 5.65. The Labute approximate surface area is 117 Å². The van der Waals surface area contributed by atoms with Gasteiger partial charge in [0, 0.05) is 15.5 Å². The molecule has 0 spiro atoms. The van der Waals surface area contributed by atoms with Gasteiger partial charge in [0.25, 0.3) is 0 Å². The molecule has 0 amide bonds. The average molecular weight is 278 g/mol. The van der Waals surface area contributed by atoms with Crippen LogP contribution < -0.4 is 11.3 Å². The number of hydrazine groups is 1. The van der Waals surface area contributed by atoms with Crippen molar-refractivity contribution in [3.8, 4) is 0 Å². The average Bonchev–Trinajstić information content (AvgIpc) is 2.77. The van der Waals surface area contributed by atoms with Crippen LogP contribution in [0.1, 0.15) is 22.0 Å². The van der Waals surface area contributed by atoms with Crippen molar-refractivity contribution in [3.63, 3.8) is 0 Å². The molecule has 0 aliphatic heterocycles. The molecule has 0 bridgehead atoms. The van der Waals surface area contributed by atoms with E-state index in [2.05, 4.69) is 55.0 Å². The van der Waals surface area contributed by atoms with Crippen LogP contribution in [0.2, 0.25) is 0 Å². The molecule has 0 fully saturated rings. The second-order valence-corrected chi connectivity index (χ2v) is 6.55. The lowest BCUT2D eigenvalue weighted by molar-refractivity contribution is 0.612. The summed E-state index contributed by atoms with van der Waals surface area (Å²) in [7, 11) is 0. The molecule has 0 aliphatic carbocycles. The third kappa shape index (κ3) is 3.59. The van der Waals surface area contributed by atoms with Crippen molar-refractivity contribution in [2.75, 3.05) is 5.75 Å². The molecule has 0 saturated heterocycles. The molecule has 1 heterocycles. The van der Waals surface area contributed by atoms with E-state index in [1.807, 2.05) is 11.8 Å². The summed E-state index contributed by atoms with van der Waals surface area (Å²) in [6.45, 7) is 4.24. The third-order valence-electron chi connectivity index (χ3n) is 2.76. The summed E-state index contributed by atoms with van der Waals surface area (Å²) < 4.78 is 0.